The standard InChI is InChI=1S/C11H16BrN3/c1-15-5-3-9(8-15)6-14-11-2-4-13-7-10(11)12/h2,4,7,9H,3,5-6,8H2,1H3,(H,13,14). The van der Waals surface area contributed by atoms with Gasteiger partial charge in [0.25, 0.3) is 0 Å². The van der Waals surface area contributed by atoms with E-state index in [1.807, 2.05) is 18.5 Å². The molecule has 1 atom stereocenters. The van der Waals surface area contributed by atoms with Crippen molar-refractivity contribution in [2.45, 2.75) is 6.42 Å². The van der Waals surface area contributed by atoms with Crippen LogP contribution in [0.5, 0.6) is 0 Å². The maximum Gasteiger partial charge on any atom is 0.0590 e. The molecule has 0 spiro atoms. The van der Waals surface area contributed by atoms with Crippen LogP contribution in [0.3, 0.4) is 0 Å². The zero-order chi connectivity index (χ0) is 10.7. The van der Waals surface area contributed by atoms with Crippen molar-refractivity contribution < 1.29 is 0 Å². The zero-order valence-corrected chi connectivity index (χ0v) is 10.5. The topological polar surface area (TPSA) is 28.2 Å². The highest BCUT2D eigenvalue weighted by atomic mass is 79.9. The third-order valence-corrected chi connectivity index (χ3v) is 3.47. The molecule has 1 N–H and O–H groups in total. The molecular formula is C11H16BrN3. The van der Waals surface area contributed by atoms with Gasteiger partial charge in [-0.15, -0.1) is 0 Å². The highest BCUT2D eigenvalue weighted by Crippen LogP contribution is 2.21. The number of hydrogen-bond acceptors (Lipinski definition) is 3. The van der Waals surface area contributed by atoms with Gasteiger partial charge in [-0.1, -0.05) is 0 Å². The summed E-state index contributed by atoms with van der Waals surface area (Å²) < 4.78 is 1.04. The average molecular weight is 270 g/mol. The van der Waals surface area contributed by atoms with Crippen LogP contribution in [0.2, 0.25) is 0 Å². The lowest BCUT2D eigenvalue weighted by Gasteiger charge is -2.13. The molecule has 15 heavy (non-hydrogen) atoms. The summed E-state index contributed by atoms with van der Waals surface area (Å²) in [5, 5.41) is 3.46. The largest absolute Gasteiger partial charge is 0.384 e. The molecule has 0 aromatic carbocycles. The molecule has 3 nitrogen and oxygen atoms in total. The molecule has 1 unspecified atom stereocenters. The van der Waals surface area contributed by atoms with E-state index in [0.29, 0.717) is 0 Å². The van der Waals surface area contributed by atoms with E-state index in [1.54, 1.807) is 0 Å². The lowest BCUT2D eigenvalue weighted by molar-refractivity contribution is 0.399. The van der Waals surface area contributed by atoms with Gasteiger partial charge in [-0.05, 0) is 47.9 Å². The summed E-state index contributed by atoms with van der Waals surface area (Å²) in [5.74, 6) is 0.773. The Bertz CT molecular complexity index is 329. The molecule has 0 radical (unpaired) electrons. The van der Waals surface area contributed by atoms with Crippen LogP contribution in [-0.2, 0) is 0 Å². The lowest BCUT2D eigenvalue weighted by atomic mass is 10.1. The van der Waals surface area contributed by atoms with Crippen molar-refractivity contribution in [2.24, 2.45) is 5.92 Å². The summed E-state index contributed by atoms with van der Waals surface area (Å²) in [6, 6.07) is 2.00. The molecule has 2 heterocycles. The summed E-state index contributed by atoms with van der Waals surface area (Å²) in [5.41, 5.74) is 1.14. The Balaban J connectivity index is 1.86. The third kappa shape index (κ3) is 2.92. The van der Waals surface area contributed by atoms with E-state index in [0.717, 1.165) is 22.6 Å². The van der Waals surface area contributed by atoms with Gasteiger partial charge in [0.1, 0.15) is 0 Å². The minimum Gasteiger partial charge on any atom is -0.384 e. The Kier molecular flexibility index (Phi) is 3.59. The number of halogens is 1. The summed E-state index contributed by atoms with van der Waals surface area (Å²) in [7, 11) is 2.18. The van der Waals surface area contributed by atoms with E-state index < -0.39 is 0 Å². The number of anilines is 1. The van der Waals surface area contributed by atoms with Crippen molar-refractivity contribution in [3.8, 4) is 0 Å². The van der Waals surface area contributed by atoms with Crippen molar-refractivity contribution in [1.29, 1.82) is 0 Å². The molecule has 1 fully saturated rings. The second-order valence-electron chi connectivity index (χ2n) is 4.15. The zero-order valence-electron chi connectivity index (χ0n) is 8.91. The molecule has 0 bridgehead atoms. The SMILES string of the molecule is CN1CCC(CNc2ccncc2Br)C1. The van der Waals surface area contributed by atoms with Crippen molar-refractivity contribution in [3.63, 3.8) is 0 Å². The van der Waals surface area contributed by atoms with Crippen LogP contribution in [0, 0.1) is 5.92 Å². The first-order valence-corrected chi connectivity index (χ1v) is 6.07. The Morgan fingerprint density at radius 3 is 3.20 bits per heavy atom. The van der Waals surface area contributed by atoms with E-state index >= 15 is 0 Å². The van der Waals surface area contributed by atoms with Crippen molar-refractivity contribution in [3.05, 3.63) is 22.9 Å². The highest BCUT2D eigenvalue weighted by molar-refractivity contribution is 9.10. The Morgan fingerprint density at radius 1 is 1.67 bits per heavy atom. The molecule has 1 aliphatic heterocycles. The lowest BCUT2D eigenvalue weighted by Crippen LogP contribution is -2.19. The molecule has 1 aliphatic rings. The van der Waals surface area contributed by atoms with E-state index in [2.05, 4.69) is 38.2 Å². The van der Waals surface area contributed by atoms with Gasteiger partial charge in [-0.2, -0.15) is 0 Å². The van der Waals surface area contributed by atoms with Gasteiger partial charge >= 0.3 is 0 Å². The molecule has 82 valence electrons. The summed E-state index contributed by atoms with van der Waals surface area (Å²) in [4.78, 5) is 6.42. The number of nitrogens with one attached hydrogen (secondary N) is 1. The fraction of sp³-hybridized carbons (Fsp3) is 0.545. The van der Waals surface area contributed by atoms with Crippen LogP contribution in [0.4, 0.5) is 5.69 Å². The first-order valence-electron chi connectivity index (χ1n) is 5.27. The molecule has 4 heteroatoms. The van der Waals surface area contributed by atoms with E-state index in [1.165, 1.54) is 19.5 Å². The normalized spacial score (nSPS) is 21.9. The number of pyridine rings is 1. The Morgan fingerprint density at radius 2 is 2.53 bits per heavy atom. The average Bonchev–Trinajstić information content (AvgIpc) is 2.63. The Hall–Kier alpha value is -0.610. The number of aromatic nitrogens is 1. The van der Waals surface area contributed by atoms with E-state index in [4.69, 9.17) is 0 Å². The van der Waals surface area contributed by atoms with Crippen LogP contribution >= 0.6 is 15.9 Å². The number of rotatable bonds is 3. The first-order chi connectivity index (χ1) is 7.25. The maximum absolute atomic E-state index is 4.04. The fourth-order valence-corrected chi connectivity index (χ4v) is 2.36. The predicted octanol–water partition coefficient (Wildman–Crippen LogP) is 2.21. The van der Waals surface area contributed by atoms with Gasteiger partial charge in [-0.25, -0.2) is 0 Å². The molecular weight excluding hydrogens is 254 g/mol. The second-order valence-corrected chi connectivity index (χ2v) is 5.01. The number of likely N-dealkylation sites (tertiary alicyclic amines) is 1. The van der Waals surface area contributed by atoms with Gasteiger partial charge in [-0.3, -0.25) is 4.98 Å². The van der Waals surface area contributed by atoms with Crippen LogP contribution in [0.25, 0.3) is 0 Å². The molecule has 1 aromatic heterocycles. The molecule has 1 saturated heterocycles. The first kappa shape index (κ1) is 10.9. The second kappa shape index (κ2) is 4.94. The van der Waals surface area contributed by atoms with Gasteiger partial charge in [0.05, 0.1) is 10.2 Å². The minimum absolute atomic E-state index is 0.773. The maximum atomic E-state index is 4.04. The number of hydrogen-bond donors (Lipinski definition) is 1. The molecule has 2 rings (SSSR count). The summed E-state index contributed by atoms with van der Waals surface area (Å²) >= 11 is 3.48. The van der Waals surface area contributed by atoms with Crippen LogP contribution in [0.1, 0.15) is 6.42 Å². The predicted molar refractivity (Wildman–Crippen MR) is 66.0 cm³/mol. The summed E-state index contributed by atoms with van der Waals surface area (Å²) in [6.45, 7) is 3.48. The van der Waals surface area contributed by atoms with E-state index in [-0.39, 0.29) is 0 Å². The van der Waals surface area contributed by atoms with Gasteiger partial charge in [0, 0.05) is 25.5 Å². The molecule has 1 aromatic rings. The van der Waals surface area contributed by atoms with Crippen LogP contribution < -0.4 is 5.32 Å². The quantitative estimate of drug-likeness (QED) is 0.912. The molecule has 0 aliphatic carbocycles. The molecule has 0 saturated carbocycles. The van der Waals surface area contributed by atoms with Crippen LogP contribution in [-0.4, -0.2) is 36.6 Å². The van der Waals surface area contributed by atoms with Gasteiger partial charge in [0.15, 0.2) is 0 Å². The monoisotopic (exact) mass is 269 g/mol. The van der Waals surface area contributed by atoms with Crippen molar-refractivity contribution in [1.82, 2.24) is 9.88 Å². The fourth-order valence-electron chi connectivity index (χ4n) is 1.97. The Labute approximate surface area is 99.0 Å². The van der Waals surface area contributed by atoms with Gasteiger partial charge < -0.3 is 10.2 Å². The number of nitrogens with zero attached hydrogens (tertiary/aromatic N) is 2. The van der Waals surface area contributed by atoms with Gasteiger partial charge in [0.2, 0.25) is 0 Å². The minimum atomic E-state index is 0.773. The van der Waals surface area contributed by atoms with Crippen molar-refractivity contribution >= 4 is 21.6 Å². The molecule has 0 amide bonds. The third-order valence-electron chi connectivity index (χ3n) is 2.84. The van der Waals surface area contributed by atoms with E-state index in [9.17, 15) is 0 Å². The summed E-state index contributed by atoms with van der Waals surface area (Å²) in [6.07, 6.45) is 4.93. The van der Waals surface area contributed by atoms with Crippen molar-refractivity contribution in [2.75, 3.05) is 32.0 Å². The van der Waals surface area contributed by atoms with Crippen LogP contribution in [0.15, 0.2) is 22.9 Å². The highest BCUT2D eigenvalue weighted by Gasteiger charge is 2.18. The smallest absolute Gasteiger partial charge is 0.0590 e.